The van der Waals surface area contributed by atoms with Crippen LogP contribution in [0.2, 0.25) is 0 Å². The number of furan rings is 1. The number of benzene rings is 3. The molecule has 2 heterocycles. The summed E-state index contributed by atoms with van der Waals surface area (Å²) in [5, 5.41) is 3.44. The molecular weight excluding hydrogens is 354 g/mol. The van der Waals surface area contributed by atoms with Crippen LogP contribution in [0.15, 0.2) is 71.1 Å². The van der Waals surface area contributed by atoms with Gasteiger partial charge in [-0.2, -0.15) is 0 Å². The summed E-state index contributed by atoms with van der Waals surface area (Å²) in [6.45, 7) is 8.98. The molecule has 0 aliphatic carbocycles. The van der Waals surface area contributed by atoms with E-state index in [1.807, 2.05) is 12.1 Å². The first-order valence-corrected chi connectivity index (χ1v) is 10.4. The van der Waals surface area contributed by atoms with Crippen molar-refractivity contribution in [2.75, 3.05) is 0 Å². The van der Waals surface area contributed by atoms with Crippen LogP contribution in [0.5, 0.6) is 0 Å². The summed E-state index contributed by atoms with van der Waals surface area (Å²) < 4.78 is 6.38. The average molecular weight is 380 g/mol. The molecule has 0 saturated carbocycles. The molecule has 144 valence electrons. The standard InChI is InChI=1S/C27H25NO/c1-16(2)18-13-19(17(3)4)15-20(14-18)26-27-25(21-9-5-7-11-23(21)28-26)22-10-6-8-12-24(22)29-27/h5-17H,1-4H3. The van der Waals surface area contributed by atoms with Crippen LogP contribution in [0.1, 0.15) is 50.7 Å². The minimum absolute atomic E-state index is 0.457. The fourth-order valence-corrected chi connectivity index (χ4v) is 4.11. The fraction of sp³-hybridized carbons (Fsp3) is 0.222. The molecule has 2 aromatic heterocycles. The monoisotopic (exact) mass is 379 g/mol. The van der Waals surface area contributed by atoms with Crippen LogP contribution < -0.4 is 0 Å². The Hall–Kier alpha value is -3.13. The average Bonchev–Trinajstić information content (AvgIpc) is 3.12. The third kappa shape index (κ3) is 2.91. The van der Waals surface area contributed by atoms with Gasteiger partial charge in [0.1, 0.15) is 11.3 Å². The summed E-state index contributed by atoms with van der Waals surface area (Å²) in [5.41, 5.74) is 7.53. The first-order valence-electron chi connectivity index (χ1n) is 10.4. The van der Waals surface area contributed by atoms with Crippen molar-refractivity contribution in [2.45, 2.75) is 39.5 Å². The van der Waals surface area contributed by atoms with E-state index in [1.165, 1.54) is 11.1 Å². The van der Waals surface area contributed by atoms with Gasteiger partial charge in [-0.25, -0.2) is 4.98 Å². The Morgan fingerprint density at radius 1 is 0.724 bits per heavy atom. The highest BCUT2D eigenvalue weighted by Gasteiger charge is 2.18. The van der Waals surface area contributed by atoms with Gasteiger partial charge in [0.05, 0.1) is 5.52 Å². The number of fused-ring (bicyclic) bond motifs is 5. The molecule has 0 aliphatic heterocycles. The van der Waals surface area contributed by atoms with Crippen LogP contribution in [-0.2, 0) is 0 Å². The lowest BCUT2D eigenvalue weighted by Crippen LogP contribution is -1.96. The van der Waals surface area contributed by atoms with E-state index in [-0.39, 0.29) is 0 Å². The van der Waals surface area contributed by atoms with Crippen LogP contribution in [0.3, 0.4) is 0 Å². The van der Waals surface area contributed by atoms with E-state index >= 15 is 0 Å². The molecule has 29 heavy (non-hydrogen) atoms. The maximum atomic E-state index is 6.38. The second kappa shape index (κ2) is 6.73. The molecule has 0 amide bonds. The summed E-state index contributed by atoms with van der Waals surface area (Å²) >= 11 is 0. The summed E-state index contributed by atoms with van der Waals surface area (Å²) in [7, 11) is 0. The highest BCUT2D eigenvalue weighted by Crippen LogP contribution is 2.40. The van der Waals surface area contributed by atoms with Crippen molar-refractivity contribution in [2.24, 2.45) is 0 Å². The predicted molar refractivity (Wildman–Crippen MR) is 123 cm³/mol. The number of aromatic nitrogens is 1. The minimum Gasteiger partial charge on any atom is -0.454 e. The summed E-state index contributed by atoms with van der Waals surface area (Å²) in [4.78, 5) is 5.08. The maximum Gasteiger partial charge on any atom is 0.162 e. The van der Waals surface area contributed by atoms with Gasteiger partial charge >= 0.3 is 0 Å². The van der Waals surface area contributed by atoms with E-state index in [2.05, 4.69) is 82.3 Å². The zero-order valence-corrected chi connectivity index (χ0v) is 17.4. The van der Waals surface area contributed by atoms with Gasteiger partial charge in [-0.05, 0) is 47.2 Å². The summed E-state index contributed by atoms with van der Waals surface area (Å²) in [5.74, 6) is 0.915. The molecule has 0 radical (unpaired) electrons. The number of nitrogens with zero attached hydrogens (tertiary/aromatic N) is 1. The van der Waals surface area contributed by atoms with Gasteiger partial charge < -0.3 is 4.42 Å². The summed E-state index contributed by atoms with van der Waals surface area (Å²) in [6.07, 6.45) is 0. The number of hydrogen-bond acceptors (Lipinski definition) is 2. The van der Waals surface area contributed by atoms with Crippen LogP contribution in [-0.4, -0.2) is 4.98 Å². The maximum absolute atomic E-state index is 6.38. The van der Waals surface area contributed by atoms with Gasteiger partial charge in [0.25, 0.3) is 0 Å². The summed E-state index contributed by atoms with van der Waals surface area (Å²) in [6, 6.07) is 23.5. The quantitative estimate of drug-likeness (QED) is 0.317. The molecule has 2 nitrogen and oxygen atoms in total. The highest BCUT2D eigenvalue weighted by atomic mass is 16.3. The van der Waals surface area contributed by atoms with Crippen molar-refractivity contribution in [1.29, 1.82) is 0 Å². The molecule has 0 N–H and O–H groups in total. The molecule has 2 heteroatoms. The molecule has 0 unspecified atom stereocenters. The first kappa shape index (κ1) is 17.9. The van der Waals surface area contributed by atoms with Crippen LogP contribution in [0, 0.1) is 0 Å². The molecule has 0 atom stereocenters. The van der Waals surface area contributed by atoms with Gasteiger partial charge in [0, 0.05) is 21.7 Å². The molecule has 0 spiro atoms. The second-order valence-corrected chi connectivity index (χ2v) is 8.48. The Morgan fingerprint density at radius 3 is 2.03 bits per heavy atom. The lowest BCUT2D eigenvalue weighted by molar-refractivity contribution is 0.668. The van der Waals surface area contributed by atoms with Crippen molar-refractivity contribution >= 4 is 32.8 Å². The minimum atomic E-state index is 0.457. The Morgan fingerprint density at radius 2 is 1.34 bits per heavy atom. The zero-order chi connectivity index (χ0) is 20.1. The van der Waals surface area contributed by atoms with Crippen molar-refractivity contribution in [3.63, 3.8) is 0 Å². The third-order valence-corrected chi connectivity index (χ3v) is 5.80. The van der Waals surface area contributed by atoms with E-state index in [4.69, 9.17) is 9.40 Å². The second-order valence-electron chi connectivity index (χ2n) is 8.48. The number of pyridine rings is 1. The van der Waals surface area contributed by atoms with Gasteiger partial charge in [-0.3, -0.25) is 0 Å². The Balaban J connectivity index is 1.93. The van der Waals surface area contributed by atoms with E-state index < -0.39 is 0 Å². The van der Waals surface area contributed by atoms with Crippen molar-refractivity contribution < 1.29 is 4.42 Å². The van der Waals surface area contributed by atoms with Crippen LogP contribution >= 0.6 is 0 Å². The molecule has 0 aliphatic rings. The van der Waals surface area contributed by atoms with E-state index in [0.717, 1.165) is 44.1 Å². The fourth-order valence-electron chi connectivity index (χ4n) is 4.11. The van der Waals surface area contributed by atoms with E-state index in [0.29, 0.717) is 11.8 Å². The number of hydrogen-bond donors (Lipinski definition) is 0. The molecule has 5 aromatic rings. The molecule has 0 fully saturated rings. The molecule has 5 rings (SSSR count). The van der Waals surface area contributed by atoms with E-state index in [9.17, 15) is 0 Å². The molecule has 0 bridgehead atoms. The Bertz CT molecular complexity index is 1330. The molecular formula is C27H25NO. The molecule has 0 saturated heterocycles. The number of para-hydroxylation sites is 2. The van der Waals surface area contributed by atoms with Crippen molar-refractivity contribution in [3.05, 3.63) is 77.9 Å². The Labute approximate surface area is 171 Å². The largest absolute Gasteiger partial charge is 0.454 e. The van der Waals surface area contributed by atoms with Gasteiger partial charge in [0.2, 0.25) is 0 Å². The van der Waals surface area contributed by atoms with Crippen LogP contribution in [0.25, 0.3) is 44.1 Å². The topological polar surface area (TPSA) is 26.0 Å². The van der Waals surface area contributed by atoms with Gasteiger partial charge in [0.15, 0.2) is 5.58 Å². The van der Waals surface area contributed by atoms with E-state index in [1.54, 1.807) is 0 Å². The van der Waals surface area contributed by atoms with Crippen LogP contribution in [0.4, 0.5) is 0 Å². The smallest absolute Gasteiger partial charge is 0.162 e. The normalized spacial score (nSPS) is 12.1. The van der Waals surface area contributed by atoms with Gasteiger partial charge in [-0.15, -0.1) is 0 Å². The SMILES string of the molecule is CC(C)c1cc(-c2nc3ccccc3c3c2oc2ccccc23)cc(C(C)C)c1. The lowest BCUT2D eigenvalue weighted by Gasteiger charge is -2.15. The molecule has 3 aromatic carbocycles. The number of rotatable bonds is 3. The Kier molecular flexibility index (Phi) is 4.16. The van der Waals surface area contributed by atoms with Crippen molar-refractivity contribution in [1.82, 2.24) is 4.98 Å². The predicted octanol–water partition coefficient (Wildman–Crippen LogP) is 8.05. The van der Waals surface area contributed by atoms with Crippen molar-refractivity contribution in [3.8, 4) is 11.3 Å². The highest BCUT2D eigenvalue weighted by molar-refractivity contribution is 6.20. The van der Waals surface area contributed by atoms with Gasteiger partial charge in [-0.1, -0.05) is 70.2 Å². The lowest BCUT2D eigenvalue weighted by atomic mass is 9.91. The first-order chi connectivity index (χ1) is 14.0. The third-order valence-electron chi connectivity index (χ3n) is 5.80. The zero-order valence-electron chi connectivity index (χ0n) is 17.4.